The highest BCUT2D eigenvalue weighted by Gasteiger charge is 2.33. The van der Waals surface area contributed by atoms with Crippen LogP contribution >= 0.6 is 0 Å². The first kappa shape index (κ1) is 20.7. The lowest BCUT2D eigenvalue weighted by Gasteiger charge is -2.22. The highest BCUT2D eigenvalue weighted by molar-refractivity contribution is 6.15. The van der Waals surface area contributed by atoms with Crippen molar-refractivity contribution in [2.24, 2.45) is 0 Å². The summed E-state index contributed by atoms with van der Waals surface area (Å²) < 4.78 is 6.09. The molecule has 2 aromatic carbocycles. The molecule has 0 spiro atoms. The normalized spacial score (nSPS) is 18.5. The SMILES string of the molecule is Cc1cc(O)c(CN2CCCCCC2)c2c1C(=O)/C(=C/c1ccc(C(C)C)cc1)O2. The van der Waals surface area contributed by atoms with E-state index in [-0.39, 0.29) is 11.5 Å². The van der Waals surface area contributed by atoms with E-state index in [2.05, 4.69) is 30.9 Å². The molecule has 2 aliphatic heterocycles. The fraction of sp³-hybridized carbons (Fsp3) is 0.423. The molecule has 0 amide bonds. The summed E-state index contributed by atoms with van der Waals surface area (Å²) >= 11 is 0. The molecule has 4 heteroatoms. The van der Waals surface area contributed by atoms with E-state index in [4.69, 9.17) is 4.74 Å². The fourth-order valence-electron chi connectivity index (χ4n) is 4.38. The summed E-state index contributed by atoms with van der Waals surface area (Å²) in [6, 6.07) is 9.92. The van der Waals surface area contributed by atoms with Gasteiger partial charge in [-0.2, -0.15) is 0 Å². The number of aryl methyl sites for hydroxylation is 1. The van der Waals surface area contributed by atoms with Gasteiger partial charge in [-0.15, -0.1) is 0 Å². The number of allylic oxidation sites excluding steroid dienone is 1. The van der Waals surface area contributed by atoms with Gasteiger partial charge in [0.1, 0.15) is 11.5 Å². The Morgan fingerprint density at radius 1 is 1.10 bits per heavy atom. The van der Waals surface area contributed by atoms with Crippen molar-refractivity contribution in [1.29, 1.82) is 0 Å². The minimum absolute atomic E-state index is 0.104. The maximum absolute atomic E-state index is 13.1. The van der Waals surface area contributed by atoms with Crippen molar-refractivity contribution in [2.75, 3.05) is 13.1 Å². The number of Topliss-reactive ketones (excluding diaryl/α,β-unsaturated/α-hetero) is 1. The molecule has 1 N–H and O–H groups in total. The van der Waals surface area contributed by atoms with Crippen LogP contribution in [0.1, 0.15) is 78.1 Å². The maximum atomic E-state index is 13.1. The van der Waals surface area contributed by atoms with E-state index >= 15 is 0 Å². The molecule has 4 rings (SSSR count). The van der Waals surface area contributed by atoms with Crippen molar-refractivity contribution in [3.63, 3.8) is 0 Å². The molecule has 1 saturated heterocycles. The Morgan fingerprint density at radius 3 is 2.40 bits per heavy atom. The van der Waals surface area contributed by atoms with E-state index in [0.29, 0.717) is 29.5 Å². The summed E-state index contributed by atoms with van der Waals surface area (Å²) in [4.78, 5) is 15.5. The van der Waals surface area contributed by atoms with Crippen LogP contribution in [-0.2, 0) is 6.54 Å². The van der Waals surface area contributed by atoms with Crippen molar-refractivity contribution >= 4 is 11.9 Å². The van der Waals surface area contributed by atoms with Gasteiger partial charge in [0.05, 0.1) is 11.1 Å². The number of hydrogen-bond donors (Lipinski definition) is 1. The van der Waals surface area contributed by atoms with Crippen molar-refractivity contribution in [2.45, 2.75) is 58.9 Å². The van der Waals surface area contributed by atoms with Crippen LogP contribution in [0.25, 0.3) is 6.08 Å². The number of phenols is 1. The van der Waals surface area contributed by atoms with Crippen molar-refractivity contribution in [3.05, 3.63) is 63.9 Å². The molecule has 2 aromatic rings. The Kier molecular flexibility index (Phi) is 5.96. The maximum Gasteiger partial charge on any atom is 0.232 e. The average Bonchev–Trinajstić information content (AvgIpc) is 2.88. The standard InChI is InChI=1S/C26H31NO3/c1-17(2)20-10-8-19(9-11-20)15-23-25(29)24-18(3)14-22(28)21(26(24)30-23)16-27-12-6-4-5-7-13-27/h8-11,14-15,17,28H,4-7,12-13,16H2,1-3H3/b23-15-. The van der Waals surface area contributed by atoms with Gasteiger partial charge in [0, 0.05) is 6.54 Å². The zero-order chi connectivity index (χ0) is 21.3. The van der Waals surface area contributed by atoms with Gasteiger partial charge in [0.25, 0.3) is 0 Å². The minimum atomic E-state index is -0.104. The van der Waals surface area contributed by atoms with Crippen molar-refractivity contribution < 1.29 is 14.6 Å². The Labute approximate surface area is 179 Å². The third-order valence-electron chi connectivity index (χ3n) is 6.20. The number of ether oxygens (including phenoxy) is 1. The van der Waals surface area contributed by atoms with Crippen LogP contribution in [0.4, 0.5) is 0 Å². The van der Waals surface area contributed by atoms with Crippen LogP contribution in [0.2, 0.25) is 0 Å². The Hall–Kier alpha value is -2.59. The number of ketones is 1. The van der Waals surface area contributed by atoms with Crippen molar-refractivity contribution in [1.82, 2.24) is 4.90 Å². The summed E-state index contributed by atoms with van der Waals surface area (Å²) in [5.41, 5.74) is 4.27. The van der Waals surface area contributed by atoms with E-state index < -0.39 is 0 Å². The summed E-state index contributed by atoms with van der Waals surface area (Å²) in [6.07, 6.45) is 6.66. The number of aromatic hydroxyl groups is 1. The molecule has 2 aliphatic rings. The Bertz CT molecular complexity index is 965. The van der Waals surface area contributed by atoms with E-state index in [1.165, 1.54) is 31.2 Å². The summed E-state index contributed by atoms with van der Waals surface area (Å²) in [7, 11) is 0. The Morgan fingerprint density at radius 2 is 1.77 bits per heavy atom. The van der Waals surface area contributed by atoms with E-state index in [0.717, 1.165) is 29.8 Å². The predicted octanol–water partition coefficient (Wildman–Crippen LogP) is 5.82. The lowest BCUT2D eigenvalue weighted by Crippen LogP contribution is -2.24. The van der Waals surface area contributed by atoms with Gasteiger partial charge in [-0.1, -0.05) is 51.0 Å². The first-order chi connectivity index (χ1) is 14.4. The number of benzene rings is 2. The topological polar surface area (TPSA) is 49.8 Å². The quantitative estimate of drug-likeness (QED) is 0.652. The van der Waals surface area contributed by atoms with Gasteiger partial charge in [-0.3, -0.25) is 9.69 Å². The first-order valence-corrected chi connectivity index (χ1v) is 11.1. The number of rotatable bonds is 4. The van der Waals surface area contributed by atoms with E-state index in [1.54, 1.807) is 12.1 Å². The van der Waals surface area contributed by atoms with Crippen LogP contribution in [0.15, 0.2) is 36.1 Å². The molecule has 0 bridgehead atoms. The third-order valence-corrected chi connectivity index (χ3v) is 6.20. The smallest absolute Gasteiger partial charge is 0.232 e. The molecule has 158 valence electrons. The lowest BCUT2D eigenvalue weighted by molar-refractivity contribution is 0.101. The summed E-state index contributed by atoms with van der Waals surface area (Å²) in [5.74, 6) is 1.44. The molecule has 0 atom stereocenters. The minimum Gasteiger partial charge on any atom is -0.507 e. The number of phenolic OH excluding ortho intramolecular Hbond substituents is 1. The van der Waals surface area contributed by atoms with Crippen LogP contribution in [0.3, 0.4) is 0 Å². The number of carbonyl (C=O) groups is 1. The monoisotopic (exact) mass is 405 g/mol. The van der Waals surface area contributed by atoms with Gasteiger partial charge in [0.2, 0.25) is 5.78 Å². The van der Waals surface area contributed by atoms with Gasteiger partial charge >= 0.3 is 0 Å². The Balaban J connectivity index is 1.65. The zero-order valence-corrected chi connectivity index (χ0v) is 18.2. The summed E-state index contributed by atoms with van der Waals surface area (Å²) in [5, 5.41) is 10.7. The number of nitrogens with zero attached hydrogens (tertiary/aromatic N) is 1. The van der Waals surface area contributed by atoms with E-state index in [9.17, 15) is 9.90 Å². The number of hydrogen-bond acceptors (Lipinski definition) is 4. The van der Waals surface area contributed by atoms with E-state index in [1.807, 2.05) is 19.1 Å². The second-order valence-electron chi connectivity index (χ2n) is 8.85. The fourth-order valence-corrected chi connectivity index (χ4v) is 4.38. The predicted molar refractivity (Wildman–Crippen MR) is 120 cm³/mol. The molecule has 2 heterocycles. The molecular formula is C26H31NO3. The second-order valence-corrected chi connectivity index (χ2v) is 8.85. The van der Waals surface area contributed by atoms with Crippen LogP contribution in [-0.4, -0.2) is 28.9 Å². The third kappa shape index (κ3) is 4.15. The number of likely N-dealkylation sites (tertiary alicyclic amines) is 1. The highest BCUT2D eigenvalue weighted by atomic mass is 16.5. The molecule has 0 radical (unpaired) electrons. The zero-order valence-electron chi connectivity index (χ0n) is 18.2. The molecular weight excluding hydrogens is 374 g/mol. The molecule has 0 unspecified atom stereocenters. The lowest BCUT2D eigenvalue weighted by atomic mass is 9.98. The average molecular weight is 406 g/mol. The van der Waals surface area contributed by atoms with Crippen LogP contribution in [0, 0.1) is 6.92 Å². The van der Waals surface area contributed by atoms with Gasteiger partial charge < -0.3 is 9.84 Å². The first-order valence-electron chi connectivity index (χ1n) is 11.1. The van der Waals surface area contributed by atoms with Gasteiger partial charge in [0.15, 0.2) is 5.76 Å². The number of carbonyl (C=O) groups excluding carboxylic acids is 1. The number of fused-ring (bicyclic) bond motifs is 1. The van der Waals surface area contributed by atoms with Gasteiger partial charge in [-0.05, 0) is 67.6 Å². The summed E-state index contributed by atoms with van der Waals surface area (Å²) in [6.45, 7) is 8.82. The van der Waals surface area contributed by atoms with Crippen LogP contribution in [0.5, 0.6) is 11.5 Å². The molecule has 0 aromatic heterocycles. The highest BCUT2D eigenvalue weighted by Crippen LogP contribution is 2.42. The molecule has 30 heavy (non-hydrogen) atoms. The van der Waals surface area contributed by atoms with Crippen LogP contribution < -0.4 is 4.74 Å². The largest absolute Gasteiger partial charge is 0.507 e. The van der Waals surface area contributed by atoms with Gasteiger partial charge in [-0.25, -0.2) is 0 Å². The van der Waals surface area contributed by atoms with Crippen molar-refractivity contribution in [3.8, 4) is 11.5 Å². The molecule has 0 saturated carbocycles. The molecule has 4 nitrogen and oxygen atoms in total. The molecule has 1 fully saturated rings. The molecule has 0 aliphatic carbocycles. The second kappa shape index (κ2) is 8.65.